The molecule has 0 saturated heterocycles. The fourth-order valence-corrected chi connectivity index (χ4v) is 1.03. The molecule has 0 aliphatic rings. The maximum atomic E-state index is 5.44. The summed E-state index contributed by atoms with van der Waals surface area (Å²) < 4.78 is 0. The van der Waals surface area contributed by atoms with Crippen LogP contribution in [-0.4, -0.2) is 19.1 Å². The van der Waals surface area contributed by atoms with Crippen LogP contribution in [0.4, 0.5) is 0 Å². The molecule has 0 spiro atoms. The van der Waals surface area contributed by atoms with Crippen LogP contribution in [0.5, 0.6) is 0 Å². The van der Waals surface area contributed by atoms with Gasteiger partial charge in [-0.3, -0.25) is 0 Å². The topological polar surface area (TPSA) is 38.0 Å². The highest BCUT2D eigenvalue weighted by Gasteiger charge is 2.01. The van der Waals surface area contributed by atoms with Gasteiger partial charge in [-0.1, -0.05) is 20.3 Å². The van der Waals surface area contributed by atoms with Crippen molar-refractivity contribution in [3.8, 4) is 0 Å². The van der Waals surface area contributed by atoms with Crippen LogP contribution in [0.25, 0.3) is 0 Å². The Labute approximate surface area is 70.5 Å². The Morgan fingerprint density at radius 2 is 2.27 bits per heavy atom. The lowest BCUT2D eigenvalue weighted by molar-refractivity contribution is 0.480. The maximum Gasteiger partial charge on any atom is 0.00790 e. The first kappa shape index (κ1) is 10.9. The summed E-state index contributed by atoms with van der Waals surface area (Å²) in [6, 6.07) is 0.534. The molecule has 1 atom stereocenters. The molecule has 1 unspecified atom stereocenters. The van der Waals surface area contributed by atoms with Crippen molar-refractivity contribution >= 4 is 0 Å². The fourth-order valence-electron chi connectivity index (χ4n) is 1.03. The molecule has 11 heavy (non-hydrogen) atoms. The molecule has 67 valence electrons. The molecule has 0 aromatic rings. The summed E-state index contributed by atoms with van der Waals surface area (Å²) in [4.78, 5) is 0. The third kappa shape index (κ3) is 6.32. The van der Waals surface area contributed by atoms with E-state index in [1.165, 1.54) is 12.8 Å². The lowest BCUT2D eigenvalue weighted by Gasteiger charge is -2.14. The Morgan fingerprint density at radius 1 is 1.55 bits per heavy atom. The molecular formula is C9H21N2. The van der Waals surface area contributed by atoms with E-state index in [9.17, 15) is 0 Å². The first-order valence-electron chi connectivity index (χ1n) is 4.57. The van der Waals surface area contributed by atoms with Gasteiger partial charge in [-0.15, -0.1) is 0 Å². The smallest absolute Gasteiger partial charge is 0.00790 e. The van der Waals surface area contributed by atoms with Crippen LogP contribution in [0.15, 0.2) is 0 Å². The monoisotopic (exact) mass is 157 g/mol. The van der Waals surface area contributed by atoms with Gasteiger partial charge in [0, 0.05) is 6.04 Å². The molecule has 0 aliphatic carbocycles. The van der Waals surface area contributed by atoms with Crippen LogP contribution < -0.4 is 11.1 Å². The van der Waals surface area contributed by atoms with Gasteiger partial charge >= 0.3 is 0 Å². The molecule has 0 saturated carbocycles. The molecule has 0 aromatic heterocycles. The molecule has 0 amide bonds. The summed E-state index contributed by atoms with van der Waals surface area (Å²) >= 11 is 0. The van der Waals surface area contributed by atoms with E-state index in [0.29, 0.717) is 6.04 Å². The highest BCUT2D eigenvalue weighted by molar-refractivity contribution is 4.67. The minimum atomic E-state index is 0.534. The Bertz CT molecular complexity index is 74.0. The molecule has 0 aliphatic heterocycles. The van der Waals surface area contributed by atoms with Crippen LogP contribution in [0, 0.1) is 6.92 Å². The van der Waals surface area contributed by atoms with Crippen LogP contribution in [0.2, 0.25) is 0 Å². The van der Waals surface area contributed by atoms with Gasteiger partial charge in [0.25, 0.3) is 0 Å². The lowest BCUT2D eigenvalue weighted by atomic mass is 10.1. The number of hydrogen-bond acceptors (Lipinski definition) is 2. The Kier molecular flexibility index (Phi) is 7.96. The molecule has 3 N–H and O–H groups in total. The Hall–Kier alpha value is -0.0800. The van der Waals surface area contributed by atoms with Crippen LogP contribution >= 0.6 is 0 Å². The van der Waals surface area contributed by atoms with Crippen molar-refractivity contribution in [3.63, 3.8) is 0 Å². The second-order valence-corrected chi connectivity index (χ2v) is 2.87. The first-order chi connectivity index (χ1) is 5.35. The summed E-state index contributed by atoms with van der Waals surface area (Å²) in [5.41, 5.74) is 5.44. The van der Waals surface area contributed by atoms with Crippen molar-refractivity contribution in [2.75, 3.05) is 13.1 Å². The summed E-state index contributed by atoms with van der Waals surface area (Å²) in [7, 11) is 0. The SMILES string of the molecule is [CH2]CC(CCN)NCCCC. The highest BCUT2D eigenvalue weighted by Crippen LogP contribution is 1.95. The van der Waals surface area contributed by atoms with Gasteiger partial charge in [-0.2, -0.15) is 0 Å². The predicted molar refractivity (Wildman–Crippen MR) is 50.3 cm³/mol. The molecule has 2 nitrogen and oxygen atoms in total. The van der Waals surface area contributed by atoms with E-state index in [0.717, 1.165) is 25.9 Å². The molecule has 2 heteroatoms. The van der Waals surface area contributed by atoms with Gasteiger partial charge in [-0.05, 0) is 32.4 Å². The van der Waals surface area contributed by atoms with E-state index in [2.05, 4.69) is 19.2 Å². The van der Waals surface area contributed by atoms with Gasteiger partial charge < -0.3 is 11.1 Å². The molecule has 0 aromatic carbocycles. The van der Waals surface area contributed by atoms with E-state index in [4.69, 9.17) is 5.73 Å². The summed E-state index contributed by atoms with van der Waals surface area (Å²) in [5, 5.41) is 3.43. The molecule has 0 heterocycles. The summed E-state index contributed by atoms with van der Waals surface area (Å²) in [6.45, 7) is 7.93. The normalized spacial score (nSPS) is 13.4. The minimum Gasteiger partial charge on any atom is -0.330 e. The molecule has 0 fully saturated rings. The van der Waals surface area contributed by atoms with Gasteiger partial charge in [0.15, 0.2) is 0 Å². The predicted octanol–water partition coefficient (Wildman–Crippen LogP) is 1.32. The maximum absolute atomic E-state index is 5.44. The summed E-state index contributed by atoms with van der Waals surface area (Å²) in [6.07, 6.45) is 4.49. The number of rotatable bonds is 7. The second kappa shape index (κ2) is 8.02. The highest BCUT2D eigenvalue weighted by atomic mass is 14.9. The Morgan fingerprint density at radius 3 is 2.73 bits per heavy atom. The number of unbranched alkanes of at least 4 members (excludes halogenated alkanes) is 1. The van der Waals surface area contributed by atoms with Crippen LogP contribution in [-0.2, 0) is 0 Å². The third-order valence-corrected chi connectivity index (χ3v) is 1.83. The van der Waals surface area contributed by atoms with E-state index >= 15 is 0 Å². The van der Waals surface area contributed by atoms with Gasteiger partial charge in [-0.25, -0.2) is 0 Å². The zero-order valence-electron chi connectivity index (χ0n) is 7.60. The van der Waals surface area contributed by atoms with Crippen molar-refractivity contribution in [2.24, 2.45) is 5.73 Å². The van der Waals surface area contributed by atoms with E-state index in [1.807, 2.05) is 0 Å². The second-order valence-electron chi connectivity index (χ2n) is 2.87. The van der Waals surface area contributed by atoms with Gasteiger partial charge in [0.1, 0.15) is 0 Å². The fraction of sp³-hybridized carbons (Fsp3) is 0.889. The molecule has 1 radical (unpaired) electrons. The van der Waals surface area contributed by atoms with Gasteiger partial charge in [0.05, 0.1) is 0 Å². The minimum absolute atomic E-state index is 0.534. The average molecular weight is 157 g/mol. The Balaban J connectivity index is 3.20. The molecule has 0 bridgehead atoms. The van der Waals surface area contributed by atoms with Crippen molar-refractivity contribution in [1.29, 1.82) is 0 Å². The van der Waals surface area contributed by atoms with E-state index < -0.39 is 0 Å². The van der Waals surface area contributed by atoms with E-state index in [-0.39, 0.29) is 0 Å². The summed E-state index contributed by atoms with van der Waals surface area (Å²) in [5.74, 6) is 0. The average Bonchev–Trinajstić information content (AvgIpc) is 2.03. The van der Waals surface area contributed by atoms with Crippen molar-refractivity contribution < 1.29 is 0 Å². The quantitative estimate of drug-likeness (QED) is 0.547. The van der Waals surface area contributed by atoms with E-state index in [1.54, 1.807) is 0 Å². The molecular weight excluding hydrogens is 136 g/mol. The molecule has 0 rings (SSSR count). The van der Waals surface area contributed by atoms with Crippen LogP contribution in [0.1, 0.15) is 32.6 Å². The number of nitrogens with one attached hydrogen (secondary N) is 1. The standard InChI is InChI=1S/C9H21N2/c1-3-5-8-11-9(4-2)6-7-10/h9,11H,2-8,10H2,1H3. The zero-order valence-corrected chi connectivity index (χ0v) is 7.60. The van der Waals surface area contributed by atoms with Crippen LogP contribution in [0.3, 0.4) is 0 Å². The van der Waals surface area contributed by atoms with Crippen molar-refractivity contribution in [2.45, 2.75) is 38.6 Å². The largest absolute Gasteiger partial charge is 0.330 e. The first-order valence-corrected chi connectivity index (χ1v) is 4.57. The lowest BCUT2D eigenvalue weighted by Crippen LogP contribution is -2.31. The van der Waals surface area contributed by atoms with Gasteiger partial charge in [0.2, 0.25) is 0 Å². The number of hydrogen-bond donors (Lipinski definition) is 2. The number of nitrogens with two attached hydrogens (primary N) is 1. The zero-order chi connectivity index (χ0) is 8.53. The third-order valence-electron chi connectivity index (χ3n) is 1.83. The van der Waals surface area contributed by atoms with Crippen molar-refractivity contribution in [1.82, 2.24) is 5.32 Å². The van der Waals surface area contributed by atoms with Crippen molar-refractivity contribution in [3.05, 3.63) is 6.92 Å².